The molecule has 0 spiro atoms. The fraction of sp³-hybridized carbons (Fsp3) is 0.625. The third-order valence-electron chi connectivity index (χ3n) is 1.17. The Morgan fingerprint density at radius 2 is 2.45 bits per heavy atom. The molecule has 0 atom stereocenters. The number of allylic oxidation sites excluding steroid dienone is 1. The molecular weight excluding hydrogens is 142 g/mol. The standard InChI is InChI=1S/C8H15NO2/c1-3-4-5-8(10)11-7-6-9-2/h3,9H,1,4-7H2,2H3. The Balaban J connectivity index is 3.15. The lowest BCUT2D eigenvalue weighted by Crippen LogP contribution is -2.16. The molecule has 64 valence electrons. The third-order valence-corrected chi connectivity index (χ3v) is 1.17. The van der Waals surface area contributed by atoms with Gasteiger partial charge in [-0.1, -0.05) is 6.08 Å². The number of rotatable bonds is 6. The maximum absolute atomic E-state index is 10.8. The van der Waals surface area contributed by atoms with Crippen molar-refractivity contribution in [2.45, 2.75) is 12.8 Å². The molecule has 1 N–H and O–H groups in total. The van der Waals surface area contributed by atoms with Gasteiger partial charge in [-0.3, -0.25) is 4.79 Å². The van der Waals surface area contributed by atoms with Gasteiger partial charge in [-0.15, -0.1) is 6.58 Å². The summed E-state index contributed by atoms with van der Waals surface area (Å²) in [5.74, 6) is -0.153. The predicted molar refractivity (Wildman–Crippen MR) is 44.3 cm³/mol. The van der Waals surface area contributed by atoms with Gasteiger partial charge in [-0.25, -0.2) is 0 Å². The van der Waals surface area contributed by atoms with Crippen LogP contribution in [0.25, 0.3) is 0 Å². The zero-order chi connectivity index (χ0) is 8.53. The van der Waals surface area contributed by atoms with Crippen molar-refractivity contribution in [1.29, 1.82) is 0 Å². The van der Waals surface area contributed by atoms with E-state index in [1.165, 1.54) is 0 Å². The smallest absolute Gasteiger partial charge is 0.306 e. The van der Waals surface area contributed by atoms with Crippen molar-refractivity contribution in [3.05, 3.63) is 12.7 Å². The second-order valence-electron chi connectivity index (χ2n) is 2.15. The minimum atomic E-state index is -0.153. The number of esters is 1. The quantitative estimate of drug-likeness (QED) is 0.350. The van der Waals surface area contributed by atoms with Crippen LogP contribution in [0.3, 0.4) is 0 Å². The van der Waals surface area contributed by atoms with Crippen molar-refractivity contribution in [2.75, 3.05) is 20.2 Å². The summed E-state index contributed by atoms with van der Waals surface area (Å²) in [6.07, 6.45) is 2.84. The summed E-state index contributed by atoms with van der Waals surface area (Å²) in [7, 11) is 1.82. The van der Waals surface area contributed by atoms with Gasteiger partial charge in [0.1, 0.15) is 6.61 Å². The highest BCUT2D eigenvalue weighted by atomic mass is 16.5. The molecule has 0 aliphatic heterocycles. The Hall–Kier alpha value is -0.830. The lowest BCUT2D eigenvalue weighted by Gasteiger charge is -2.01. The minimum absolute atomic E-state index is 0.153. The van der Waals surface area contributed by atoms with Crippen molar-refractivity contribution in [1.82, 2.24) is 5.32 Å². The summed E-state index contributed by atoms with van der Waals surface area (Å²) in [6.45, 7) is 4.67. The lowest BCUT2D eigenvalue weighted by atomic mass is 10.3. The Bertz CT molecular complexity index is 123. The Labute approximate surface area is 67.4 Å². The third kappa shape index (κ3) is 7.06. The van der Waals surface area contributed by atoms with Crippen molar-refractivity contribution >= 4 is 5.97 Å². The van der Waals surface area contributed by atoms with Crippen LogP contribution in [-0.2, 0) is 9.53 Å². The molecule has 0 fully saturated rings. The van der Waals surface area contributed by atoms with E-state index in [1.807, 2.05) is 7.05 Å². The zero-order valence-electron chi connectivity index (χ0n) is 6.93. The average molecular weight is 157 g/mol. The first-order valence-electron chi connectivity index (χ1n) is 3.72. The van der Waals surface area contributed by atoms with Gasteiger partial charge in [-0.05, 0) is 13.5 Å². The normalized spacial score (nSPS) is 9.18. The van der Waals surface area contributed by atoms with E-state index in [1.54, 1.807) is 6.08 Å². The zero-order valence-corrected chi connectivity index (χ0v) is 6.93. The largest absolute Gasteiger partial charge is 0.464 e. The molecule has 0 radical (unpaired) electrons. The molecule has 0 aromatic rings. The van der Waals surface area contributed by atoms with E-state index >= 15 is 0 Å². The van der Waals surface area contributed by atoms with Gasteiger partial charge in [0, 0.05) is 13.0 Å². The van der Waals surface area contributed by atoms with Crippen LogP contribution < -0.4 is 5.32 Å². The van der Waals surface area contributed by atoms with Crippen LogP contribution in [0.2, 0.25) is 0 Å². The Morgan fingerprint density at radius 1 is 1.73 bits per heavy atom. The number of likely N-dealkylation sites (N-methyl/N-ethyl adjacent to an activating group) is 1. The van der Waals surface area contributed by atoms with Gasteiger partial charge >= 0.3 is 5.97 Å². The molecule has 0 unspecified atom stereocenters. The summed E-state index contributed by atoms with van der Waals surface area (Å²) >= 11 is 0. The van der Waals surface area contributed by atoms with E-state index in [-0.39, 0.29) is 5.97 Å². The summed E-state index contributed by atoms with van der Waals surface area (Å²) in [5, 5.41) is 2.88. The van der Waals surface area contributed by atoms with Crippen LogP contribution in [0.15, 0.2) is 12.7 Å². The monoisotopic (exact) mass is 157 g/mol. The number of hydrogen-bond donors (Lipinski definition) is 1. The molecule has 0 heterocycles. The van der Waals surface area contributed by atoms with Crippen LogP contribution >= 0.6 is 0 Å². The number of ether oxygens (including phenoxy) is 1. The lowest BCUT2D eigenvalue weighted by molar-refractivity contribution is -0.143. The molecule has 0 bridgehead atoms. The van der Waals surface area contributed by atoms with E-state index in [0.29, 0.717) is 26.0 Å². The first-order valence-corrected chi connectivity index (χ1v) is 3.72. The van der Waals surface area contributed by atoms with Crippen LogP contribution in [0.5, 0.6) is 0 Å². The second kappa shape index (κ2) is 7.28. The molecule has 0 saturated carbocycles. The van der Waals surface area contributed by atoms with Gasteiger partial charge in [-0.2, -0.15) is 0 Å². The van der Waals surface area contributed by atoms with Gasteiger partial charge < -0.3 is 10.1 Å². The van der Waals surface area contributed by atoms with E-state index in [2.05, 4.69) is 11.9 Å². The predicted octanol–water partition coefficient (Wildman–Crippen LogP) is 0.715. The summed E-state index contributed by atoms with van der Waals surface area (Å²) in [6, 6.07) is 0. The van der Waals surface area contributed by atoms with Gasteiger partial charge in [0.05, 0.1) is 0 Å². The molecule has 0 rings (SSSR count). The molecular formula is C8H15NO2. The fourth-order valence-electron chi connectivity index (χ4n) is 0.559. The first-order chi connectivity index (χ1) is 5.31. The second-order valence-corrected chi connectivity index (χ2v) is 2.15. The van der Waals surface area contributed by atoms with E-state index in [4.69, 9.17) is 4.74 Å². The highest BCUT2D eigenvalue weighted by molar-refractivity contribution is 5.69. The van der Waals surface area contributed by atoms with Crippen LogP contribution in [0.4, 0.5) is 0 Å². The number of hydrogen-bond acceptors (Lipinski definition) is 3. The first kappa shape index (κ1) is 10.2. The van der Waals surface area contributed by atoms with Gasteiger partial charge in [0.25, 0.3) is 0 Å². The molecule has 3 nitrogen and oxygen atoms in total. The van der Waals surface area contributed by atoms with Gasteiger partial charge in [0.2, 0.25) is 0 Å². The van der Waals surface area contributed by atoms with E-state index in [0.717, 1.165) is 0 Å². The van der Waals surface area contributed by atoms with E-state index < -0.39 is 0 Å². The van der Waals surface area contributed by atoms with Crippen LogP contribution in [0.1, 0.15) is 12.8 Å². The Kier molecular flexibility index (Phi) is 6.73. The topological polar surface area (TPSA) is 38.3 Å². The molecule has 11 heavy (non-hydrogen) atoms. The van der Waals surface area contributed by atoms with E-state index in [9.17, 15) is 4.79 Å². The number of carbonyl (C=O) groups is 1. The molecule has 0 amide bonds. The SMILES string of the molecule is C=CCCC(=O)OCCNC. The highest BCUT2D eigenvalue weighted by Gasteiger charge is 1.98. The van der Waals surface area contributed by atoms with Crippen LogP contribution in [-0.4, -0.2) is 26.2 Å². The average Bonchev–Trinajstić information content (AvgIpc) is 2.01. The summed E-state index contributed by atoms with van der Waals surface area (Å²) in [4.78, 5) is 10.8. The summed E-state index contributed by atoms with van der Waals surface area (Å²) < 4.78 is 4.84. The molecule has 0 aliphatic rings. The minimum Gasteiger partial charge on any atom is -0.464 e. The van der Waals surface area contributed by atoms with Crippen molar-refractivity contribution in [3.8, 4) is 0 Å². The summed E-state index contributed by atoms with van der Waals surface area (Å²) in [5.41, 5.74) is 0. The molecule has 0 saturated heterocycles. The fourth-order valence-corrected chi connectivity index (χ4v) is 0.559. The maximum atomic E-state index is 10.8. The van der Waals surface area contributed by atoms with Gasteiger partial charge in [0.15, 0.2) is 0 Å². The Morgan fingerprint density at radius 3 is 3.00 bits per heavy atom. The van der Waals surface area contributed by atoms with Crippen LogP contribution in [0, 0.1) is 0 Å². The molecule has 3 heteroatoms. The number of nitrogens with one attached hydrogen (secondary N) is 1. The van der Waals surface area contributed by atoms with Crippen molar-refractivity contribution in [3.63, 3.8) is 0 Å². The highest BCUT2D eigenvalue weighted by Crippen LogP contribution is 1.91. The molecule has 0 aliphatic carbocycles. The number of carbonyl (C=O) groups excluding carboxylic acids is 1. The molecule has 0 aromatic carbocycles. The van der Waals surface area contributed by atoms with Crippen molar-refractivity contribution in [2.24, 2.45) is 0 Å². The maximum Gasteiger partial charge on any atom is 0.306 e. The molecule has 0 aromatic heterocycles. The van der Waals surface area contributed by atoms with Crippen molar-refractivity contribution < 1.29 is 9.53 Å².